The first-order chi connectivity index (χ1) is 40.5. The minimum Gasteiger partial charge on any atom is -0.480 e. The second-order valence-electron chi connectivity index (χ2n) is 22.2. The van der Waals surface area contributed by atoms with Crippen LogP contribution in [0.1, 0.15) is 116 Å². The smallest absolute Gasteiger partial charge is 0.326 e. The molecule has 0 fully saturated rings. The zero-order valence-corrected chi connectivity index (χ0v) is 49.4. The number of amides is 7. The Morgan fingerprint density at radius 3 is 1.21 bits per heavy atom. The number of H-pyrrole nitrogens is 2. The number of carboxylic acids is 1. The molecule has 2 aromatic heterocycles. The molecule has 85 heavy (non-hydrogen) atoms. The van der Waals surface area contributed by atoms with E-state index in [2.05, 4.69) is 57.2 Å². The molecule has 0 saturated heterocycles. The molecule has 468 valence electrons. The van der Waals surface area contributed by atoms with Crippen LogP contribution in [0, 0.1) is 11.8 Å². The van der Waals surface area contributed by atoms with Crippen molar-refractivity contribution in [2.24, 2.45) is 62.0 Å². The fraction of sp³-hybridized carbons (Fsp3) is 0.552. The van der Waals surface area contributed by atoms with Crippen molar-refractivity contribution in [2.75, 3.05) is 26.2 Å². The second kappa shape index (κ2) is 35.8. The number of aliphatic imine (C=N–C) groups is 2. The van der Waals surface area contributed by atoms with Crippen molar-refractivity contribution in [2.45, 2.75) is 166 Å². The number of carbonyl (C=O) groups is 8. The predicted molar refractivity (Wildman–Crippen MR) is 328 cm³/mol. The summed E-state index contributed by atoms with van der Waals surface area (Å²) in [6.07, 6.45) is 6.24. The first-order valence-electron chi connectivity index (χ1n) is 29.2. The number of carboxylic acid groups (broad SMARTS) is 1. The number of para-hydroxylation sites is 2. The van der Waals surface area contributed by atoms with Gasteiger partial charge in [0, 0.05) is 60.1 Å². The van der Waals surface area contributed by atoms with Crippen molar-refractivity contribution in [3.8, 4) is 0 Å². The summed E-state index contributed by atoms with van der Waals surface area (Å²) < 4.78 is 0. The van der Waals surface area contributed by atoms with Crippen molar-refractivity contribution in [1.29, 1.82) is 0 Å². The molecular formula is C58H92N18O9. The monoisotopic (exact) mass is 1180 g/mol. The van der Waals surface area contributed by atoms with Gasteiger partial charge >= 0.3 is 5.97 Å². The quantitative estimate of drug-likeness (QED) is 0.0155. The predicted octanol–water partition coefficient (Wildman–Crippen LogP) is -0.303. The van der Waals surface area contributed by atoms with Gasteiger partial charge in [-0.3, -0.25) is 43.5 Å². The Bertz CT molecular complexity index is 2880. The molecule has 0 spiro atoms. The van der Waals surface area contributed by atoms with Crippen LogP contribution in [0.5, 0.6) is 0 Å². The molecule has 27 heteroatoms. The molecule has 0 radical (unpaired) electrons. The number of carbonyl (C=O) groups excluding carboxylic acids is 7. The van der Waals surface area contributed by atoms with Crippen LogP contribution in [-0.2, 0) is 51.2 Å². The van der Waals surface area contributed by atoms with E-state index < -0.39 is 95.7 Å². The van der Waals surface area contributed by atoms with E-state index in [0.29, 0.717) is 43.2 Å². The van der Waals surface area contributed by atoms with Gasteiger partial charge in [0.05, 0.1) is 6.04 Å². The number of nitrogens with zero attached hydrogens (tertiary/aromatic N) is 2. The Kier molecular flexibility index (Phi) is 29.1. The molecule has 0 unspecified atom stereocenters. The lowest BCUT2D eigenvalue weighted by Crippen LogP contribution is -2.60. The van der Waals surface area contributed by atoms with Gasteiger partial charge in [0.25, 0.3) is 0 Å². The van der Waals surface area contributed by atoms with Gasteiger partial charge in [-0.25, -0.2) is 4.79 Å². The van der Waals surface area contributed by atoms with Crippen LogP contribution < -0.4 is 77.4 Å². The number of hydrogen-bond acceptors (Lipinski definition) is 13. The van der Waals surface area contributed by atoms with Crippen LogP contribution in [0.2, 0.25) is 0 Å². The molecule has 0 aliphatic carbocycles. The summed E-state index contributed by atoms with van der Waals surface area (Å²) in [4.78, 5) is 127. The summed E-state index contributed by atoms with van der Waals surface area (Å²) in [7, 11) is 0. The van der Waals surface area contributed by atoms with E-state index in [1.807, 2.05) is 76.2 Å². The van der Waals surface area contributed by atoms with Gasteiger partial charge in [0.2, 0.25) is 41.4 Å². The van der Waals surface area contributed by atoms with Crippen molar-refractivity contribution in [1.82, 2.24) is 47.2 Å². The topological polar surface area (TPSA) is 479 Å². The summed E-state index contributed by atoms with van der Waals surface area (Å²) in [5.41, 5.74) is 42.7. The summed E-state index contributed by atoms with van der Waals surface area (Å²) in [5, 5.41) is 31.2. The van der Waals surface area contributed by atoms with E-state index in [1.54, 1.807) is 12.4 Å². The zero-order valence-electron chi connectivity index (χ0n) is 49.4. The molecule has 8 atom stereocenters. The van der Waals surface area contributed by atoms with Crippen LogP contribution in [0.4, 0.5) is 0 Å². The highest BCUT2D eigenvalue weighted by atomic mass is 16.4. The van der Waals surface area contributed by atoms with Crippen LogP contribution in [0.15, 0.2) is 70.9 Å². The molecule has 7 amide bonds. The lowest BCUT2D eigenvalue weighted by Gasteiger charge is -2.29. The number of aromatic amines is 2. The van der Waals surface area contributed by atoms with E-state index in [-0.39, 0.29) is 108 Å². The summed E-state index contributed by atoms with van der Waals surface area (Å²) in [6, 6.07) is 4.80. The number of unbranched alkanes of at least 4 members (excludes halogenated alkanes) is 2. The Hall–Kier alpha value is -8.30. The fourth-order valence-electron chi connectivity index (χ4n) is 9.71. The summed E-state index contributed by atoms with van der Waals surface area (Å²) in [6.45, 7) is 8.29. The standard InChI is InChI=1S/C58H92N18O9/c1-33(2)27-45(53(81)72-43(21-10-12-24-60)51(79)73-46(28-34(3)4)54(82)76-48(56(84)85)30-36-32-69-41-19-8-6-16-38(36)41)74-55(83)47(29-35-31-68-40-18-7-5-15-37(35)40)75-52(80)42(20-9-11-23-59)71-50(78)44(22-14-26-67-58(64)65)70-49(77)39(61)17-13-25-66-57(62)63/h5-8,15-16,18-19,31-34,39,42-48,68-69H,9-14,17,20-30,59-61H2,1-4H3,(H,70,77)(H,71,78)(H,72,81)(H,73,79)(H,74,83)(H,75,80)(H,76,82)(H,84,85)(H4,62,63,66)(H4,64,65,67)/t39-,42-,43+,44+,45-,46-,47+,48+/m1/s1. The minimum atomic E-state index is -1.36. The maximum Gasteiger partial charge on any atom is 0.326 e. The summed E-state index contributed by atoms with van der Waals surface area (Å²) >= 11 is 0. The van der Waals surface area contributed by atoms with Crippen LogP contribution in [-0.4, -0.2) is 149 Å². The Labute approximate surface area is 496 Å². The van der Waals surface area contributed by atoms with Gasteiger partial charge in [-0.2, -0.15) is 0 Å². The molecule has 0 bridgehead atoms. The van der Waals surface area contributed by atoms with E-state index in [0.717, 1.165) is 21.8 Å². The molecule has 4 aromatic rings. The van der Waals surface area contributed by atoms with Crippen LogP contribution in [0.25, 0.3) is 21.8 Å². The Balaban J connectivity index is 1.62. The molecule has 4 rings (SSSR count). The second-order valence-corrected chi connectivity index (χ2v) is 22.2. The van der Waals surface area contributed by atoms with E-state index in [4.69, 9.17) is 40.1 Å². The van der Waals surface area contributed by atoms with Crippen molar-refractivity contribution >= 4 is 81.0 Å². The van der Waals surface area contributed by atoms with E-state index in [9.17, 15) is 43.5 Å². The third-order valence-electron chi connectivity index (χ3n) is 14.2. The van der Waals surface area contributed by atoms with Gasteiger partial charge in [0.1, 0.15) is 42.3 Å². The highest BCUT2D eigenvalue weighted by Crippen LogP contribution is 2.22. The van der Waals surface area contributed by atoms with Crippen molar-refractivity contribution < 1.29 is 43.5 Å². The Morgan fingerprint density at radius 1 is 0.459 bits per heavy atom. The fourth-order valence-corrected chi connectivity index (χ4v) is 9.71. The largest absolute Gasteiger partial charge is 0.480 e. The first-order valence-corrected chi connectivity index (χ1v) is 29.2. The average molecular weight is 1190 g/mol. The highest BCUT2D eigenvalue weighted by Gasteiger charge is 2.35. The Morgan fingerprint density at radius 2 is 0.800 bits per heavy atom. The normalized spacial score (nSPS) is 14.2. The molecule has 0 saturated carbocycles. The van der Waals surface area contributed by atoms with Gasteiger partial charge < -0.3 is 92.4 Å². The molecule has 0 aliphatic heterocycles. The highest BCUT2D eigenvalue weighted by molar-refractivity contribution is 5.98. The van der Waals surface area contributed by atoms with E-state index in [1.165, 1.54) is 0 Å². The number of guanidine groups is 2. The zero-order chi connectivity index (χ0) is 62.6. The maximum atomic E-state index is 14.9. The molecule has 24 N–H and O–H groups in total. The van der Waals surface area contributed by atoms with Gasteiger partial charge in [-0.1, -0.05) is 64.1 Å². The number of hydrogen-bond donors (Lipinski definition) is 17. The molecule has 0 aliphatic rings. The SMILES string of the molecule is CC(C)C[C@@H](NC(=O)[C@H](CCCCN)NC(=O)[C@@H](CC(C)C)NC(=O)[C@H](Cc1c[nH]c2ccccc12)NC(=O)[C@@H](CCCCN)NC(=O)[C@H](CCCN=C(N)N)NC(=O)[C@H](N)CCCN=C(N)N)C(=O)N[C@@H](Cc1c[nH]c2ccccc12)C(=O)O. The molecule has 2 aromatic carbocycles. The number of nitrogens with two attached hydrogens (primary N) is 7. The average Bonchev–Trinajstić information content (AvgIpc) is 2.90. The number of benzene rings is 2. The number of rotatable bonds is 39. The molecule has 27 nitrogen and oxygen atoms in total. The number of aromatic nitrogens is 2. The lowest BCUT2D eigenvalue weighted by atomic mass is 9.99. The summed E-state index contributed by atoms with van der Waals surface area (Å²) in [5.74, 6) is -6.93. The van der Waals surface area contributed by atoms with Gasteiger partial charge in [-0.05, 0) is 125 Å². The number of aliphatic carboxylic acids is 1. The van der Waals surface area contributed by atoms with Gasteiger partial charge in [-0.15, -0.1) is 0 Å². The van der Waals surface area contributed by atoms with Crippen molar-refractivity contribution in [3.63, 3.8) is 0 Å². The third kappa shape index (κ3) is 23.7. The molecule has 2 heterocycles. The third-order valence-corrected chi connectivity index (χ3v) is 14.2. The first kappa shape index (κ1) is 69.2. The number of nitrogens with one attached hydrogen (secondary N) is 9. The maximum absolute atomic E-state index is 14.9. The minimum absolute atomic E-state index is 0.0425. The van der Waals surface area contributed by atoms with Gasteiger partial charge in [0.15, 0.2) is 11.9 Å². The lowest BCUT2D eigenvalue weighted by molar-refractivity contribution is -0.142. The van der Waals surface area contributed by atoms with Crippen LogP contribution >= 0.6 is 0 Å². The molecular weight excluding hydrogens is 1090 g/mol. The van der Waals surface area contributed by atoms with E-state index >= 15 is 0 Å². The van der Waals surface area contributed by atoms with Crippen LogP contribution in [0.3, 0.4) is 0 Å². The number of fused-ring (bicyclic) bond motifs is 2. The van der Waals surface area contributed by atoms with Crippen molar-refractivity contribution in [3.05, 3.63) is 72.1 Å².